The molecule has 0 aliphatic rings. The quantitative estimate of drug-likeness (QED) is 0.684. The van der Waals surface area contributed by atoms with Gasteiger partial charge in [-0.2, -0.15) is 0 Å². The second kappa shape index (κ2) is 7.81. The van der Waals surface area contributed by atoms with Crippen molar-refractivity contribution in [1.29, 1.82) is 0 Å². The first-order chi connectivity index (χ1) is 10.2. The second-order valence-electron chi connectivity index (χ2n) is 5.44. The Morgan fingerprint density at radius 2 is 1.71 bits per heavy atom. The van der Waals surface area contributed by atoms with E-state index in [1.54, 1.807) is 0 Å². The van der Waals surface area contributed by atoms with Gasteiger partial charge >= 0.3 is 0 Å². The standard InChI is InChI=1S/C18H24N2O/c1-14(21)18(13-15-7-3-2-4-8-15)20-12-11-16-9-5-6-10-17(16)19/h2-10,14,18,20-21H,11-13,19H2,1H3. The van der Waals surface area contributed by atoms with E-state index < -0.39 is 6.10 Å². The third-order valence-corrected chi connectivity index (χ3v) is 3.74. The Balaban J connectivity index is 1.87. The zero-order valence-corrected chi connectivity index (χ0v) is 12.5. The van der Waals surface area contributed by atoms with Crippen LogP contribution in [-0.4, -0.2) is 23.8 Å². The molecule has 2 aromatic carbocycles. The number of aliphatic hydroxyl groups excluding tert-OH is 1. The molecule has 0 fully saturated rings. The molecule has 112 valence electrons. The smallest absolute Gasteiger partial charge is 0.0668 e. The lowest BCUT2D eigenvalue weighted by Crippen LogP contribution is -2.41. The Bertz CT molecular complexity index is 540. The zero-order chi connectivity index (χ0) is 15.1. The Labute approximate surface area is 126 Å². The molecule has 0 saturated heterocycles. The van der Waals surface area contributed by atoms with E-state index in [9.17, 15) is 5.11 Å². The molecule has 4 N–H and O–H groups in total. The maximum absolute atomic E-state index is 9.94. The van der Waals surface area contributed by atoms with E-state index in [0.717, 1.165) is 30.6 Å². The number of nitrogens with two attached hydrogens (primary N) is 1. The third kappa shape index (κ3) is 4.88. The maximum Gasteiger partial charge on any atom is 0.0668 e. The maximum atomic E-state index is 9.94. The summed E-state index contributed by atoms with van der Waals surface area (Å²) in [6.07, 6.45) is 1.30. The number of benzene rings is 2. The van der Waals surface area contributed by atoms with Crippen molar-refractivity contribution in [2.45, 2.75) is 31.9 Å². The van der Waals surface area contributed by atoms with Crippen molar-refractivity contribution in [1.82, 2.24) is 5.32 Å². The summed E-state index contributed by atoms with van der Waals surface area (Å²) in [6, 6.07) is 18.2. The van der Waals surface area contributed by atoms with E-state index in [1.165, 1.54) is 5.56 Å². The second-order valence-corrected chi connectivity index (χ2v) is 5.44. The highest BCUT2D eigenvalue weighted by atomic mass is 16.3. The molecule has 21 heavy (non-hydrogen) atoms. The highest BCUT2D eigenvalue weighted by Crippen LogP contribution is 2.11. The first-order valence-electron chi connectivity index (χ1n) is 7.45. The summed E-state index contributed by atoms with van der Waals surface area (Å²) in [5, 5.41) is 13.4. The molecule has 0 spiro atoms. The van der Waals surface area contributed by atoms with Crippen molar-refractivity contribution in [3.63, 3.8) is 0 Å². The van der Waals surface area contributed by atoms with Gasteiger partial charge in [0, 0.05) is 11.7 Å². The van der Waals surface area contributed by atoms with Crippen LogP contribution in [0.25, 0.3) is 0 Å². The van der Waals surface area contributed by atoms with Crippen LogP contribution in [0.5, 0.6) is 0 Å². The number of aliphatic hydroxyl groups is 1. The van der Waals surface area contributed by atoms with Gasteiger partial charge in [0.15, 0.2) is 0 Å². The number of hydrogen-bond donors (Lipinski definition) is 3. The predicted molar refractivity (Wildman–Crippen MR) is 88.2 cm³/mol. The van der Waals surface area contributed by atoms with E-state index in [1.807, 2.05) is 49.4 Å². The Kier molecular flexibility index (Phi) is 5.78. The number of para-hydroxylation sites is 1. The van der Waals surface area contributed by atoms with Crippen molar-refractivity contribution in [2.24, 2.45) is 0 Å². The minimum atomic E-state index is -0.390. The van der Waals surface area contributed by atoms with Crippen LogP contribution in [0.15, 0.2) is 54.6 Å². The van der Waals surface area contributed by atoms with Crippen LogP contribution in [0, 0.1) is 0 Å². The van der Waals surface area contributed by atoms with E-state index in [2.05, 4.69) is 17.4 Å². The molecule has 3 nitrogen and oxygen atoms in total. The summed E-state index contributed by atoms with van der Waals surface area (Å²) >= 11 is 0. The molecule has 2 atom stereocenters. The van der Waals surface area contributed by atoms with Gasteiger partial charge in [-0.05, 0) is 43.5 Å². The van der Waals surface area contributed by atoms with E-state index in [0.29, 0.717) is 0 Å². The van der Waals surface area contributed by atoms with Gasteiger partial charge in [-0.3, -0.25) is 0 Å². The SMILES string of the molecule is CC(O)C(Cc1ccccc1)NCCc1ccccc1N. The minimum absolute atomic E-state index is 0.0531. The summed E-state index contributed by atoms with van der Waals surface area (Å²) in [5.41, 5.74) is 9.15. The van der Waals surface area contributed by atoms with Crippen molar-refractivity contribution in [3.8, 4) is 0 Å². The lowest BCUT2D eigenvalue weighted by Gasteiger charge is -2.22. The average Bonchev–Trinajstić information content (AvgIpc) is 2.49. The van der Waals surface area contributed by atoms with Gasteiger partial charge in [0.2, 0.25) is 0 Å². The topological polar surface area (TPSA) is 58.3 Å². The van der Waals surface area contributed by atoms with Gasteiger partial charge in [-0.1, -0.05) is 48.5 Å². The molecule has 0 aliphatic heterocycles. The predicted octanol–water partition coefficient (Wildman–Crippen LogP) is 2.39. The lowest BCUT2D eigenvalue weighted by molar-refractivity contribution is 0.145. The number of anilines is 1. The van der Waals surface area contributed by atoms with Gasteiger partial charge in [-0.15, -0.1) is 0 Å². The summed E-state index contributed by atoms with van der Waals surface area (Å²) in [6.45, 7) is 2.63. The van der Waals surface area contributed by atoms with Crippen molar-refractivity contribution >= 4 is 5.69 Å². The van der Waals surface area contributed by atoms with Crippen LogP contribution in [0.1, 0.15) is 18.1 Å². The number of nitrogen functional groups attached to an aromatic ring is 1. The van der Waals surface area contributed by atoms with E-state index in [-0.39, 0.29) is 6.04 Å². The van der Waals surface area contributed by atoms with Crippen LogP contribution < -0.4 is 11.1 Å². The van der Waals surface area contributed by atoms with Crippen LogP contribution in [0.2, 0.25) is 0 Å². The molecule has 2 rings (SSSR count). The Morgan fingerprint density at radius 3 is 2.38 bits per heavy atom. The number of rotatable bonds is 7. The fourth-order valence-corrected chi connectivity index (χ4v) is 2.44. The fourth-order valence-electron chi connectivity index (χ4n) is 2.44. The largest absolute Gasteiger partial charge is 0.399 e. The van der Waals surface area contributed by atoms with E-state index >= 15 is 0 Å². The van der Waals surface area contributed by atoms with Gasteiger partial charge in [0.1, 0.15) is 0 Å². The van der Waals surface area contributed by atoms with Crippen molar-refractivity contribution < 1.29 is 5.11 Å². The normalized spacial score (nSPS) is 13.8. The van der Waals surface area contributed by atoms with Gasteiger partial charge in [-0.25, -0.2) is 0 Å². The molecular weight excluding hydrogens is 260 g/mol. The fraction of sp³-hybridized carbons (Fsp3) is 0.333. The third-order valence-electron chi connectivity index (χ3n) is 3.74. The van der Waals surface area contributed by atoms with Crippen molar-refractivity contribution in [3.05, 3.63) is 65.7 Å². The Hall–Kier alpha value is -1.84. The molecular formula is C18H24N2O. The van der Waals surface area contributed by atoms with Crippen LogP contribution in [-0.2, 0) is 12.8 Å². The molecule has 0 bridgehead atoms. The first kappa shape index (κ1) is 15.5. The van der Waals surface area contributed by atoms with Crippen LogP contribution in [0.3, 0.4) is 0 Å². The molecule has 0 aliphatic carbocycles. The lowest BCUT2D eigenvalue weighted by atomic mass is 10.0. The summed E-state index contributed by atoms with van der Waals surface area (Å²) in [5.74, 6) is 0. The summed E-state index contributed by atoms with van der Waals surface area (Å²) in [4.78, 5) is 0. The highest BCUT2D eigenvalue weighted by Gasteiger charge is 2.14. The van der Waals surface area contributed by atoms with Crippen LogP contribution in [0.4, 0.5) is 5.69 Å². The molecule has 0 aromatic heterocycles. The molecule has 3 heteroatoms. The van der Waals surface area contributed by atoms with E-state index in [4.69, 9.17) is 5.73 Å². The number of nitrogens with one attached hydrogen (secondary N) is 1. The first-order valence-corrected chi connectivity index (χ1v) is 7.45. The zero-order valence-electron chi connectivity index (χ0n) is 12.5. The Morgan fingerprint density at radius 1 is 1.05 bits per heavy atom. The summed E-state index contributed by atoms with van der Waals surface area (Å²) in [7, 11) is 0. The van der Waals surface area contributed by atoms with Gasteiger partial charge < -0.3 is 16.2 Å². The molecule has 2 unspecified atom stereocenters. The van der Waals surface area contributed by atoms with Gasteiger partial charge in [0.05, 0.1) is 6.10 Å². The highest BCUT2D eigenvalue weighted by molar-refractivity contribution is 5.46. The van der Waals surface area contributed by atoms with Crippen molar-refractivity contribution in [2.75, 3.05) is 12.3 Å². The van der Waals surface area contributed by atoms with Gasteiger partial charge in [0.25, 0.3) is 0 Å². The minimum Gasteiger partial charge on any atom is -0.399 e. The summed E-state index contributed by atoms with van der Waals surface area (Å²) < 4.78 is 0. The van der Waals surface area contributed by atoms with Crippen LogP contribution >= 0.6 is 0 Å². The number of hydrogen-bond acceptors (Lipinski definition) is 3. The molecule has 0 amide bonds. The molecule has 0 saturated carbocycles. The molecule has 2 aromatic rings. The molecule has 0 radical (unpaired) electrons. The molecule has 0 heterocycles. The average molecular weight is 284 g/mol. The monoisotopic (exact) mass is 284 g/mol.